The number of hydrogen-bond acceptors (Lipinski definition) is 3. The molecular formula is C18H23NO3. The van der Waals surface area contributed by atoms with E-state index in [0.29, 0.717) is 5.75 Å². The number of nitrogens with one attached hydrogen (secondary N) is 1. The summed E-state index contributed by atoms with van der Waals surface area (Å²) in [5.74, 6) is 1.24. The lowest BCUT2D eigenvalue weighted by molar-refractivity contribution is -0.123. The number of furan rings is 1. The molecule has 1 aromatic carbocycles. The zero-order valence-electron chi connectivity index (χ0n) is 13.6. The Morgan fingerprint density at radius 2 is 1.91 bits per heavy atom. The first-order valence-corrected chi connectivity index (χ1v) is 7.42. The maximum absolute atomic E-state index is 11.9. The molecule has 1 atom stereocenters. The molecule has 2 aromatic rings. The molecule has 0 saturated heterocycles. The first kappa shape index (κ1) is 16.1. The van der Waals surface area contributed by atoms with Gasteiger partial charge >= 0.3 is 0 Å². The smallest absolute Gasteiger partial charge is 0.258 e. The Balaban J connectivity index is 1.83. The van der Waals surface area contributed by atoms with Gasteiger partial charge in [-0.3, -0.25) is 4.79 Å². The molecule has 22 heavy (non-hydrogen) atoms. The van der Waals surface area contributed by atoms with Crippen LogP contribution >= 0.6 is 0 Å². The van der Waals surface area contributed by atoms with Crippen molar-refractivity contribution >= 4 is 5.91 Å². The highest BCUT2D eigenvalue weighted by Crippen LogP contribution is 2.24. The average molecular weight is 301 g/mol. The van der Waals surface area contributed by atoms with Gasteiger partial charge in [-0.05, 0) is 42.2 Å². The fraction of sp³-hybridized carbons (Fsp3) is 0.389. The molecule has 118 valence electrons. The molecule has 0 aliphatic rings. The Labute approximate surface area is 131 Å². The van der Waals surface area contributed by atoms with E-state index in [-0.39, 0.29) is 24.0 Å². The average Bonchev–Trinajstić information content (AvgIpc) is 2.99. The van der Waals surface area contributed by atoms with E-state index in [4.69, 9.17) is 9.15 Å². The van der Waals surface area contributed by atoms with Gasteiger partial charge in [0.05, 0.1) is 12.3 Å². The van der Waals surface area contributed by atoms with Crippen LogP contribution in [-0.4, -0.2) is 12.5 Å². The van der Waals surface area contributed by atoms with Crippen molar-refractivity contribution in [3.05, 3.63) is 54.0 Å². The maximum atomic E-state index is 11.9. The molecule has 0 spiro atoms. The van der Waals surface area contributed by atoms with Crippen LogP contribution in [0.2, 0.25) is 0 Å². The van der Waals surface area contributed by atoms with E-state index in [1.165, 1.54) is 5.56 Å². The van der Waals surface area contributed by atoms with Crippen LogP contribution in [0.5, 0.6) is 5.75 Å². The normalized spacial score (nSPS) is 12.7. The third kappa shape index (κ3) is 4.38. The first-order chi connectivity index (χ1) is 10.4. The zero-order valence-corrected chi connectivity index (χ0v) is 13.6. The molecular weight excluding hydrogens is 278 g/mol. The van der Waals surface area contributed by atoms with Crippen LogP contribution in [0.4, 0.5) is 0 Å². The molecule has 0 saturated carbocycles. The molecule has 0 unspecified atom stereocenters. The Hall–Kier alpha value is -2.23. The summed E-state index contributed by atoms with van der Waals surface area (Å²) in [6.07, 6.45) is 1.59. The first-order valence-electron chi connectivity index (χ1n) is 7.42. The minimum atomic E-state index is -0.177. The number of amides is 1. The summed E-state index contributed by atoms with van der Waals surface area (Å²) < 4.78 is 10.8. The third-order valence-electron chi connectivity index (χ3n) is 3.44. The molecule has 1 N–H and O–H groups in total. The molecule has 0 aliphatic carbocycles. The lowest BCUT2D eigenvalue weighted by atomic mass is 9.87. The van der Waals surface area contributed by atoms with E-state index in [9.17, 15) is 4.79 Å². The fourth-order valence-corrected chi connectivity index (χ4v) is 2.09. The second-order valence-corrected chi connectivity index (χ2v) is 6.37. The van der Waals surface area contributed by atoms with Crippen molar-refractivity contribution in [2.75, 3.05) is 6.61 Å². The molecule has 1 heterocycles. The predicted molar refractivity (Wildman–Crippen MR) is 85.9 cm³/mol. The van der Waals surface area contributed by atoms with Gasteiger partial charge in [-0.15, -0.1) is 0 Å². The van der Waals surface area contributed by atoms with E-state index < -0.39 is 0 Å². The van der Waals surface area contributed by atoms with E-state index in [1.807, 2.05) is 37.3 Å². The van der Waals surface area contributed by atoms with Crippen LogP contribution in [0.3, 0.4) is 0 Å². The SMILES string of the molecule is C[C@@H](NC(=O)COc1ccc(C(C)(C)C)cc1)c1ccco1. The molecule has 0 radical (unpaired) electrons. The van der Waals surface area contributed by atoms with Crippen LogP contribution < -0.4 is 10.1 Å². The zero-order chi connectivity index (χ0) is 16.2. The standard InChI is InChI=1S/C18H23NO3/c1-13(16-6-5-11-21-16)19-17(20)12-22-15-9-7-14(8-10-15)18(2,3)4/h5-11,13H,12H2,1-4H3,(H,19,20)/t13-/m1/s1. The van der Waals surface area contributed by atoms with E-state index >= 15 is 0 Å². The summed E-state index contributed by atoms with van der Waals surface area (Å²) in [5.41, 5.74) is 1.34. The molecule has 1 amide bonds. The topological polar surface area (TPSA) is 51.5 Å². The van der Waals surface area contributed by atoms with Crippen molar-refractivity contribution in [3.63, 3.8) is 0 Å². The highest BCUT2D eigenvalue weighted by Gasteiger charge is 2.14. The Kier molecular flexibility index (Phi) is 4.91. The van der Waals surface area contributed by atoms with Crippen LogP contribution in [0.25, 0.3) is 0 Å². The number of ether oxygens (including phenoxy) is 1. The molecule has 4 heteroatoms. The van der Waals surface area contributed by atoms with Crippen molar-refractivity contribution < 1.29 is 13.9 Å². The van der Waals surface area contributed by atoms with E-state index in [2.05, 4.69) is 26.1 Å². The molecule has 2 rings (SSSR count). The van der Waals surface area contributed by atoms with Gasteiger partial charge in [-0.1, -0.05) is 32.9 Å². The van der Waals surface area contributed by atoms with E-state index in [0.717, 1.165) is 5.76 Å². The highest BCUT2D eigenvalue weighted by molar-refractivity contribution is 5.77. The van der Waals surface area contributed by atoms with Gasteiger partial charge in [0, 0.05) is 0 Å². The summed E-state index contributed by atoms with van der Waals surface area (Å²) in [4.78, 5) is 11.9. The van der Waals surface area contributed by atoms with E-state index in [1.54, 1.807) is 12.3 Å². The minimum absolute atomic E-state index is 0.0140. The van der Waals surface area contributed by atoms with Gasteiger partial charge in [-0.2, -0.15) is 0 Å². The molecule has 0 aliphatic heterocycles. The van der Waals surface area contributed by atoms with Gasteiger partial charge in [0.2, 0.25) is 0 Å². The Morgan fingerprint density at radius 3 is 2.45 bits per heavy atom. The number of hydrogen-bond donors (Lipinski definition) is 1. The molecule has 1 aromatic heterocycles. The fourth-order valence-electron chi connectivity index (χ4n) is 2.09. The summed E-state index contributed by atoms with van der Waals surface area (Å²) in [6, 6.07) is 11.3. The second-order valence-electron chi connectivity index (χ2n) is 6.37. The summed E-state index contributed by atoms with van der Waals surface area (Å²) in [6.45, 7) is 8.33. The molecule has 4 nitrogen and oxygen atoms in total. The van der Waals surface area contributed by atoms with Gasteiger partial charge in [0.1, 0.15) is 11.5 Å². The van der Waals surface area contributed by atoms with Crippen molar-refractivity contribution in [2.45, 2.75) is 39.2 Å². The minimum Gasteiger partial charge on any atom is -0.484 e. The summed E-state index contributed by atoms with van der Waals surface area (Å²) in [7, 11) is 0. The second kappa shape index (κ2) is 6.69. The molecule has 0 fully saturated rings. The van der Waals surface area contributed by atoms with Crippen LogP contribution in [0.15, 0.2) is 47.1 Å². The maximum Gasteiger partial charge on any atom is 0.258 e. The van der Waals surface area contributed by atoms with Crippen molar-refractivity contribution in [2.24, 2.45) is 0 Å². The Bertz CT molecular complexity index is 594. The van der Waals surface area contributed by atoms with Gasteiger partial charge < -0.3 is 14.5 Å². The summed E-state index contributed by atoms with van der Waals surface area (Å²) in [5, 5.41) is 2.83. The van der Waals surface area contributed by atoms with Crippen molar-refractivity contribution in [1.82, 2.24) is 5.32 Å². The van der Waals surface area contributed by atoms with Crippen LogP contribution in [-0.2, 0) is 10.2 Å². The number of benzene rings is 1. The number of rotatable bonds is 5. The lowest BCUT2D eigenvalue weighted by Gasteiger charge is -2.19. The van der Waals surface area contributed by atoms with Crippen molar-refractivity contribution in [1.29, 1.82) is 0 Å². The van der Waals surface area contributed by atoms with Gasteiger partial charge in [-0.25, -0.2) is 0 Å². The summed E-state index contributed by atoms with van der Waals surface area (Å²) >= 11 is 0. The van der Waals surface area contributed by atoms with Crippen molar-refractivity contribution in [3.8, 4) is 5.75 Å². The lowest BCUT2D eigenvalue weighted by Crippen LogP contribution is -2.31. The predicted octanol–water partition coefficient (Wildman–Crippen LogP) is 3.83. The van der Waals surface area contributed by atoms with Gasteiger partial charge in [0.15, 0.2) is 6.61 Å². The quantitative estimate of drug-likeness (QED) is 0.913. The largest absolute Gasteiger partial charge is 0.484 e. The Morgan fingerprint density at radius 1 is 1.23 bits per heavy atom. The van der Waals surface area contributed by atoms with Crippen LogP contribution in [0, 0.1) is 0 Å². The van der Waals surface area contributed by atoms with Gasteiger partial charge in [0.25, 0.3) is 5.91 Å². The van der Waals surface area contributed by atoms with Crippen LogP contribution in [0.1, 0.15) is 45.1 Å². The monoisotopic (exact) mass is 301 g/mol. The molecule has 0 bridgehead atoms. The third-order valence-corrected chi connectivity index (χ3v) is 3.44. The number of carbonyl (C=O) groups is 1. The number of carbonyl (C=O) groups excluding carboxylic acids is 1. The highest BCUT2D eigenvalue weighted by atomic mass is 16.5.